The van der Waals surface area contributed by atoms with Gasteiger partial charge in [-0.05, 0) is 36.4 Å². The lowest BCUT2D eigenvalue weighted by molar-refractivity contribution is -0.115. The summed E-state index contributed by atoms with van der Waals surface area (Å²) in [7, 11) is 0. The third-order valence-electron chi connectivity index (χ3n) is 4.68. The maximum atomic E-state index is 14.0. The molecule has 0 heterocycles. The van der Waals surface area contributed by atoms with Crippen LogP contribution in [0.2, 0.25) is 0 Å². The van der Waals surface area contributed by atoms with Crippen molar-refractivity contribution >= 4 is 40.9 Å². The Morgan fingerprint density at radius 3 is 1.44 bits per heavy atom. The molecule has 1 amide bonds. The van der Waals surface area contributed by atoms with Gasteiger partial charge in [0.25, 0.3) is 5.91 Å². The molecule has 0 bridgehead atoms. The Hall–Kier alpha value is -3.28. The minimum atomic E-state index is -1.47. The minimum absolute atomic E-state index is 0.255. The molecule has 0 aliphatic rings. The van der Waals surface area contributed by atoms with E-state index in [0.29, 0.717) is 11.3 Å². The predicted octanol–water partition coefficient (Wildman–Crippen LogP) is 6.79. The predicted molar refractivity (Wildman–Crippen MR) is 133 cm³/mol. The summed E-state index contributed by atoms with van der Waals surface area (Å²) in [4.78, 5) is 29.6. The largest absolute Gasteiger partial charge is 0.324 e. The van der Waals surface area contributed by atoms with Crippen LogP contribution in [0.25, 0.3) is 0 Å². The lowest BCUT2D eigenvalue weighted by Crippen LogP contribution is -2.44. The monoisotopic (exact) mass is 455 g/mol. The average molecular weight is 456 g/mol. The van der Waals surface area contributed by atoms with Gasteiger partial charge >= 0.3 is 0 Å². The standard InChI is InChI=1S/C27H21NO2S2/c29-25(21-13-5-1-6-14-21)27(31-23-17-9-3-10-18-23,32-24-19-11-4-12-20-24)26(30)28-22-15-7-2-8-16-22/h1-20H,(H,28,30). The van der Waals surface area contributed by atoms with Gasteiger partial charge in [0.2, 0.25) is 4.08 Å². The highest BCUT2D eigenvalue weighted by atomic mass is 32.2. The van der Waals surface area contributed by atoms with Gasteiger partial charge in [0, 0.05) is 21.0 Å². The van der Waals surface area contributed by atoms with E-state index < -0.39 is 4.08 Å². The summed E-state index contributed by atoms with van der Waals surface area (Å²) in [5.41, 5.74) is 1.13. The number of anilines is 1. The normalized spacial score (nSPS) is 11.0. The van der Waals surface area contributed by atoms with E-state index in [-0.39, 0.29) is 11.7 Å². The summed E-state index contributed by atoms with van der Waals surface area (Å²) in [6.07, 6.45) is 0. The molecule has 0 aromatic heterocycles. The van der Waals surface area contributed by atoms with Gasteiger partial charge in [0.1, 0.15) is 0 Å². The fraction of sp³-hybridized carbons (Fsp3) is 0.0370. The van der Waals surface area contributed by atoms with Crippen LogP contribution in [0, 0.1) is 0 Å². The van der Waals surface area contributed by atoms with Gasteiger partial charge in [-0.3, -0.25) is 9.59 Å². The van der Waals surface area contributed by atoms with Crippen molar-refractivity contribution in [3.63, 3.8) is 0 Å². The van der Waals surface area contributed by atoms with Gasteiger partial charge < -0.3 is 5.32 Å². The van der Waals surface area contributed by atoms with Crippen molar-refractivity contribution in [1.82, 2.24) is 0 Å². The molecule has 1 N–H and O–H groups in total. The van der Waals surface area contributed by atoms with Crippen molar-refractivity contribution < 1.29 is 9.59 Å². The van der Waals surface area contributed by atoms with E-state index in [9.17, 15) is 9.59 Å². The Kier molecular flexibility index (Phi) is 7.10. The van der Waals surface area contributed by atoms with E-state index in [1.54, 1.807) is 12.1 Å². The molecule has 0 saturated carbocycles. The molecule has 0 saturated heterocycles. The molecule has 4 rings (SSSR count). The number of hydrogen-bond acceptors (Lipinski definition) is 4. The molecule has 4 aromatic carbocycles. The van der Waals surface area contributed by atoms with Crippen molar-refractivity contribution in [3.05, 3.63) is 127 Å². The second kappa shape index (κ2) is 10.4. The van der Waals surface area contributed by atoms with Crippen LogP contribution in [0.4, 0.5) is 5.69 Å². The molecule has 0 spiro atoms. The summed E-state index contributed by atoms with van der Waals surface area (Å²) < 4.78 is -1.47. The molecule has 0 atom stereocenters. The van der Waals surface area contributed by atoms with Crippen LogP contribution in [-0.4, -0.2) is 15.8 Å². The number of ketones is 1. The first-order valence-electron chi connectivity index (χ1n) is 10.1. The zero-order chi connectivity index (χ0) is 22.2. The van der Waals surface area contributed by atoms with Crippen LogP contribution >= 0.6 is 23.5 Å². The molecule has 0 fully saturated rings. The SMILES string of the molecule is O=C(Nc1ccccc1)C(Sc1ccccc1)(Sc1ccccc1)C(=O)c1ccccc1. The van der Waals surface area contributed by atoms with Crippen LogP contribution in [0.5, 0.6) is 0 Å². The van der Waals surface area contributed by atoms with Crippen LogP contribution in [0.1, 0.15) is 10.4 Å². The molecule has 0 aliphatic carbocycles. The van der Waals surface area contributed by atoms with Crippen LogP contribution in [-0.2, 0) is 4.79 Å². The fourth-order valence-corrected chi connectivity index (χ4v) is 5.84. The molecule has 0 unspecified atom stereocenters. The molecule has 0 aliphatic heterocycles. The van der Waals surface area contributed by atoms with E-state index in [1.165, 1.54) is 23.5 Å². The first-order valence-corrected chi connectivity index (χ1v) is 11.8. The van der Waals surface area contributed by atoms with Gasteiger partial charge in [-0.2, -0.15) is 0 Å². The van der Waals surface area contributed by atoms with E-state index in [0.717, 1.165) is 9.79 Å². The lowest BCUT2D eigenvalue weighted by Gasteiger charge is -2.30. The Morgan fingerprint density at radius 2 is 0.969 bits per heavy atom. The molecule has 5 heteroatoms. The minimum Gasteiger partial charge on any atom is -0.324 e. The van der Waals surface area contributed by atoms with Gasteiger partial charge in [-0.1, -0.05) is 108 Å². The first kappa shape index (κ1) is 21.9. The van der Waals surface area contributed by atoms with Gasteiger partial charge in [-0.15, -0.1) is 0 Å². The highest BCUT2D eigenvalue weighted by Gasteiger charge is 2.48. The number of amides is 1. The number of para-hydroxylation sites is 1. The van der Waals surface area contributed by atoms with Gasteiger partial charge in [-0.25, -0.2) is 0 Å². The third kappa shape index (κ3) is 5.13. The maximum Gasteiger partial charge on any atom is 0.259 e. The van der Waals surface area contributed by atoms with Crippen molar-refractivity contribution in [3.8, 4) is 0 Å². The number of benzene rings is 4. The molecular weight excluding hydrogens is 434 g/mol. The highest BCUT2D eigenvalue weighted by Crippen LogP contribution is 2.48. The number of thioether (sulfide) groups is 2. The lowest BCUT2D eigenvalue weighted by atomic mass is 10.1. The zero-order valence-corrected chi connectivity index (χ0v) is 18.8. The second-order valence-electron chi connectivity index (χ2n) is 6.96. The molecule has 0 radical (unpaired) electrons. The Labute approximate surface area is 196 Å². The topological polar surface area (TPSA) is 46.2 Å². The molecule has 4 aromatic rings. The van der Waals surface area contributed by atoms with Crippen LogP contribution in [0.15, 0.2) is 131 Å². The van der Waals surface area contributed by atoms with E-state index in [4.69, 9.17) is 0 Å². The number of carbonyl (C=O) groups excluding carboxylic acids is 2. The van der Waals surface area contributed by atoms with Crippen LogP contribution < -0.4 is 5.32 Å². The summed E-state index contributed by atoms with van der Waals surface area (Å²) in [5, 5.41) is 2.97. The zero-order valence-electron chi connectivity index (χ0n) is 17.2. The fourth-order valence-electron chi connectivity index (χ4n) is 3.13. The molecule has 158 valence electrons. The Morgan fingerprint density at radius 1 is 0.562 bits per heavy atom. The van der Waals surface area contributed by atoms with Crippen molar-refractivity contribution in [2.24, 2.45) is 0 Å². The van der Waals surface area contributed by atoms with Crippen molar-refractivity contribution in [2.75, 3.05) is 5.32 Å². The second-order valence-corrected chi connectivity index (χ2v) is 9.80. The quantitative estimate of drug-likeness (QED) is 0.138. The van der Waals surface area contributed by atoms with Crippen molar-refractivity contribution in [1.29, 1.82) is 0 Å². The average Bonchev–Trinajstić information content (AvgIpc) is 2.85. The summed E-state index contributed by atoms with van der Waals surface area (Å²) >= 11 is 2.53. The third-order valence-corrected chi connectivity index (χ3v) is 7.51. The van der Waals surface area contributed by atoms with Gasteiger partial charge in [0.05, 0.1) is 0 Å². The van der Waals surface area contributed by atoms with E-state index in [2.05, 4.69) is 5.32 Å². The van der Waals surface area contributed by atoms with E-state index >= 15 is 0 Å². The number of Topliss-reactive ketones (excluding diaryl/α,β-unsaturated/α-hetero) is 1. The summed E-state index contributed by atoms with van der Waals surface area (Å²) in [6.45, 7) is 0. The Bertz CT molecular complexity index is 1130. The maximum absolute atomic E-state index is 14.0. The smallest absolute Gasteiger partial charge is 0.259 e. The molecule has 32 heavy (non-hydrogen) atoms. The summed E-state index contributed by atoms with van der Waals surface area (Å²) in [5.74, 6) is -0.630. The van der Waals surface area contributed by atoms with Gasteiger partial charge in [0.15, 0.2) is 5.78 Å². The number of rotatable bonds is 8. The number of carbonyl (C=O) groups is 2. The highest BCUT2D eigenvalue weighted by molar-refractivity contribution is 8.20. The summed E-state index contributed by atoms with van der Waals surface area (Å²) in [6, 6.07) is 37.3. The van der Waals surface area contributed by atoms with Crippen molar-refractivity contribution in [2.45, 2.75) is 13.9 Å². The van der Waals surface area contributed by atoms with Crippen LogP contribution in [0.3, 0.4) is 0 Å². The molecule has 3 nitrogen and oxygen atoms in total. The first-order chi connectivity index (χ1) is 15.7. The Balaban J connectivity index is 1.83. The number of nitrogens with one attached hydrogen (secondary N) is 1. The molecular formula is C27H21NO2S2. The van der Waals surface area contributed by atoms with E-state index in [1.807, 2.05) is 109 Å². The number of hydrogen-bond donors (Lipinski definition) is 1.